The number of nitrogens with one attached hydrogen (secondary N) is 1. The smallest absolute Gasteiger partial charge is 0.255 e. The number of aromatic nitrogens is 1. The van der Waals surface area contributed by atoms with E-state index in [4.69, 9.17) is 9.47 Å². The number of piperidine rings is 1. The van der Waals surface area contributed by atoms with E-state index in [-0.39, 0.29) is 23.7 Å². The highest BCUT2D eigenvalue weighted by Crippen LogP contribution is 2.38. The van der Waals surface area contributed by atoms with Crippen molar-refractivity contribution in [1.82, 2.24) is 9.88 Å². The quantitative estimate of drug-likeness (QED) is 0.722. The Hall–Kier alpha value is -3.28. The van der Waals surface area contributed by atoms with Crippen molar-refractivity contribution in [2.24, 2.45) is 5.41 Å². The molecule has 1 atom stereocenters. The monoisotopic (exact) mass is 404 g/mol. The Kier molecular flexibility index (Phi) is 4.50. The second kappa shape index (κ2) is 7.20. The number of fused-ring (bicyclic) bond motifs is 2. The first-order chi connectivity index (χ1) is 14.5. The van der Waals surface area contributed by atoms with Crippen molar-refractivity contribution in [3.8, 4) is 11.5 Å². The van der Waals surface area contributed by atoms with Crippen LogP contribution in [0, 0.1) is 5.41 Å². The number of likely N-dealkylation sites (tertiary alicyclic amines) is 1. The SMILES string of the molecule is CC1(Cc2ccc3c(c2)OCO3)CCCN(C(=O)c2c[nH]c(=O)c3ccccc23)C1. The standard InChI is InChI=1S/C24H24N2O4/c1-24(12-16-7-8-20-21(11-16)30-15-29-20)9-4-10-26(14-24)23(28)19-13-25-22(27)18-6-3-2-5-17(18)19/h2-3,5-8,11,13H,4,9-10,12,14-15H2,1H3,(H,25,27). The van der Waals surface area contributed by atoms with E-state index in [9.17, 15) is 9.59 Å². The molecule has 1 amide bonds. The number of aromatic amines is 1. The molecular weight excluding hydrogens is 380 g/mol. The Morgan fingerprint density at radius 2 is 1.93 bits per heavy atom. The number of benzene rings is 2. The Labute approximate surface area is 174 Å². The molecule has 5 rings (SSSR count). The lowest BCUT2D eigenvalue weighted by Crippen LogP contribution is -2.46. The van der Waals surface area contributed by atoms with Gasteiger partial charge in [-0.1, -0.05) is 31.2 Å². The first kappa shape index (κ1) is 18.7. The van der Waals surface area contributed by atoms with Gasteiger partial charge in [0.05, 0.1) is 5.56 Å². The fourth-order valence-electron chi connectivity index (χ4n) is 4.73. The maximum atomic E-state index is 13.4. The van der Waals surface area contributed by atoms with Crippen LogP contribution in [0.5, 0.6) is 11.5 Å². The predicted molar refractivity (Wildman–Crippen MR) is 114 cm³/mol. The number of carbonyl (C=O) groups is 1. The highest BCUT2D eigenvalue weighted by atomic mass is 16.7. The molecule has 3 aromatic rings. The summed E-state index contributed by atoms with van der Waals surface area (Å²) in [5.41, 5.74) is 1.54. The average molecular weight is 404 g/mol. The zero-order valence-corrected chi connectivity index (χ0v) is 16.9. The predicted octanol–water partition coefficient (Wildman–Crippen LogP) is 3.74. The molecule has 0 bridgehead atoms. The van der Waals surface area contributed by atoms with Crippen molar-refractivity contribution in [3.63, 3.8) is 0 Å². The molecule has 0 aliphatic carbocycles. The molecule has 0 spiro atoms. The third-order valence-corrected chi connectivity index (χ3v) is 6.18. The van der Waals surface area contributed by atoms with Crippen molar-refractivity contribution in [1.29, 1.82) is 0 Å². The molecule has 1 N–H and O–H groups in total. The van der Waals surface area contributed by atoms with E-state index in [0.717, 1.165) is 37.3 Å². The molecule has 6 nitrogen and oxygen atoms in total. The Balaban J connectivity index is 1.39. The molecule has 2 aliphatic rings. The van der Waals surface area contributed by atoms with Crippen molar-refractivity contribution in [2.45, 2.75) is 26.2 Å². The normalized spacial score (nSPS) is 20.5. The van der Waals surface area contributed by atoms with Crippen LogP contribution < -0.4 is 15.0 Å². The summed E-state index contributed by atoms with van der Waals surface area (Å²) in [7, 11) is 0. The molecule has 0 radical (unpaired) electrons. The molecule has 30 heavy (non-hydrogen) atoms. The van der Waals surface area contributed by atoms with E-state index >= 15 is 0 Å². The number of rotatable bonds is 3. The van der Waals surface area contributed by atoms with Gasteiger partial charge in [-0.25, -0.2) is 0 Å². The molecule has 2 aromatic carbocycles. The summed E-state index contributed by atoms with van der Waals surface area (Å²) in [5, 5.41) is 1.25. The Morgan fingerprint density at radius 1 is 1.13 bits per heavy atom. The molecule has 1 fully saturated rings. The summed E-state index contributed by atoms with van der Waals surface area (Å²) < 4.78 is 10.9. The largest absolute Gasteiger partial charge is 0.454 e. The van der Waals surface area contributed by atoms with Crippen LogP contribution in [0.25, 0.3) is 10.8 Å². The van der Waals surface area contributed by atoms with E-state index < -0.39 is 0 Å². The Bertz CT molecular complexity index is 1190. The minimum absolute atomic E-state index is 0.0282. The highest BCUT2D eigenvalue weighted by Gasteiger charge is 2.34. The zero-order chi connectivity index (χ0) is 20.7. The number of nitrogens with zero attached hydrogens (tertiary/aromatic N) is 1. The lowest BCUT2D eigenvalue weighted by atomic mass is 9.76. The van der Waals surface area contributed by atoms with Gasteiger partial charge >= 0.3 is 0 Å². The van der Waals surface area contributed by atoms with E-state index in [0.29, 0.717) is 22.9 Å². The van der Waals surface area contributed by atoms with Crippen molar-refractivity contribution >= 4 is 16.7 Å². The van der Waals surface area contributed by atoms with Crippen LogP contribution in [-0.4, -0.2) is 35.7 Å². The highest BCUT2D eigenvalue weighted by molar-refractivity contribution is 6.06. The van der Waals surface area contributed by atoms with Gasteiger partial charge < -0.3 is 19.4 Å². The van der Waals surface area contributed by atoms with Crippen LogP contribution in [0.3, 0.4) is 0 Å². The summed E-state index contributed by atoms with van der Waals surface area (Å²) >= 11 is 0. The van der Waals surface area contributed by atoms with Crippen molar-refractivity contribution in [2.75, 3.05) is 19.9 Å². The summed E-state index contributed by atoms with van der Waals surface area (Å²) in [6.45, 7) is 3.91. The van der Waals surface area contributed by atoms with Gasteiger partial charge in [-0.2, -0.15) is 0 Å². The number of hydrogen-bond acceptors (Lipinski definition) is 4. The van der Waals surface area contributed by atoms with Gasteiger partial charge in [0.1, 0.15) is 0 Å². The van der Waals surface area contributed by atoms with E-state index in [2.05, 4.69) is 18.0 Å². The van der Waals surface area contributed by atoms with Crippen LogP contribution in [0.4, 0.5) is 0 Å². The minimum atomic E-state index is -0.173. The maximum Gasteiger partial charge on any atom is 0.255 e. The fourth-order valence-corrected chi connectivity index (χ4v) is 4.73. The number of amides is 1. The molecule has 2 aliphatic heterocycles. The molecule has 3 heterocycles. The first-order valence-electron chi connectivity index (χ1n) is 10.3. The molecule has 1 unspecified atom stereocenters. The fraction of sp³-hybridized carbons (Fsp3) is 0.333. The third-order valence-electron chi connectivity index (χ3n) is 6.18. The summed E-state index contributed by atoms with van der Waals surface area (Å²) in [5.74, 6) is 1.55. The second-order valence-electron chi connectivity index (χ2n) is 8.58. The van der Waals surface area contributed by atoms with Crippen LogP contribution in [0.2, 0.25) is 0 Å². The topological polar surface area (TPSA) is 71.6 Å². The van der Waals surface area contributed by atoms with Gasteiger partial charge in [-0.3, -0.25) is 9.59 Å². The van der Waals surface area contributed by atoms with E-state index in [1.807, 2.05) is 35.2 Å². The van der Waals surface area contributed by atoms with Crippen molar-refractivity contribution < 1.29 is 14.3 Å². The summed E-state index contributed by atoms with van der Waals surface area (Å²) in [4.78, 5) is 30.1. The van der Waals surface area contributed by atoms with E-state index in [1.165, 1.54) is 5.56 Å². The summed E-state index contributed by atoms with van der Waals surface area (Å²) in [6.07, 6.45) is 4.42. The number of H-pyrrole nitrogens is 1. The average Bonchev–Trinajstić information content (AvgIpc) is 3.21. The maximum absolute atomic E-state index is 13.4. The van der Waals surface area contributed by atoms with Gasteiger partial charge in [-0.05, 0) is 48.4 Å². The van der Waals surface area contributed by atoms with Gasteiger partial charge in [0.15, 0.2) is 11.5 Å². The number of pyridine rings is 1. The van der Waals surface area contributed by atoms with Gasteiger partial charge in [0.25, 0.3) is 11.5 Å². The molecule has 1 saturated heterocycles. The molecule has 0 saturated carbocycles. The minimum Gasteiger partial charge on any atom is -0.454 e. The number of ether oxygens (including phenoxy) is 2. The van der Waals surface area contributed by atoms with Crippen LogP contribution >= 0.6 is 0 Å². The molecule has 1 aromatic heterocycles. The lowest BCUT2D eigenvalue weighted by Gasteiger charge is -2.41. The summed E-state index contributed by atoms with van der Waals surface area (Å²) in [6, 6.07) is 13.4. The third kappa shape index (κ3) is 3.32. The lowest BCUT2D eigenvalue weighted by molar-refractivity contribution is 0.0552. The zero-order valence-electron chi connectivity index (χ0n) is 16.9. The first-order valence-corrected chi connectivity index (χ1v) is 10.3. The van der Waals surface area contributed by atoms with E-state index in [1.54, 1.807) is 12.3 Å². The van der Waals surface area contributed by atoms with Crippen LogP contribution in [0.1, 0.15) is 35.7 Å². The molecule has 154 valence electrons. The van der Waals surface area contributed by atoms with Crippen LogP contribution in [-0.2, 0) is 6.42 Å². The Morgan fingerprint density at radius 3 is 2.80 bits per heavy atom. The molecule has 6 heteroatoms. The second-order valence-corrected chi connectivity index (χ2v) is 8.58. The number of carbonyl (C=O) groups excluding carboxylic acids is 1. The van der Waals surface area contributed by atoms with Gasteiger partial charge in [-0.15, -0.1) is 0 Å². The molecular formula is C24H24N2O4. The van der Waals surface area contributed by atoms with Crippen LogP contribution in [0.15, 0.2) is 53.5 Å². The van der Waals surface area contributed by atoms with Gasteiger partial charge in [0.2, 0.25) is 6.79 Å². The number of hydrogen-bond donors (Lipinski definition) is 1. The van der Waals surface area contributed by atoms with Crippen molar-refractivity contribution in [3.05, 3.63) is 70.1 Å². The van der Waals surface area contributed by atoms with Gasteiger partial charge in [0, 0.05) is 30.1 Å².